The van der Waals surface area contributed by atoms with Crippen molar-refractivity contribution in [3.05, 3.63) is 0 Å². The van der Waals surface area contributed by atoms with Crippen molar-refractivity contribution in [2.75, 3.05) is 13.2 Å². The smallest absolute Gasteiger partial charge is 0.165 e. The highest BCUT2D eigenvalue weighted by atomic mass is 16.7. The predicted molar refractivity (Wildman–Crippen MR) is 69.8 cm³/mol. The molecule has 17 heavy (non-hydrogen) atoms. The van der Waals surface area contributed by atoms with Gasteiger partial charge in [-0.2, -0.15) is 0 Å². The van der Waals surface area contributed by atoms with Gasteiger partial charge in [0, 0.05) is 6.42 Å². The summed E-state index contributed by atoms with van der Waals surface area (Å²) >= 11 is 0. The van der Waals surface area contributed by atoms with E-state index in [1.807, 2.05) is 0 Å². The van der Waals surface area contributed by atoms with Crippen molar-refractivity contribution in [2.24, 2.45) is 17.8 Å². The second-order valence-electron chi connectivity index (χ2n) is 6.04. The molecule has 3 unspecified atom stereocenters. The number of rotatable bonds is 5. The summed E-state index contributed by atoms with van der Waals surface area (Å²) in [7, 11) is 0. The lowest BCUT2D eigenvalue weighted by molar-refractivity contribution is -0.149. The summed E-state index contributed by atoms with van der Waals surface area (Å²) in [6.45, 7) is 8.34. The Labute approximate surface area is 106 Å². The average molecular weight is 240 g/mol. The van der Waals surface area contributed by atoms with E-state index in [9.17, 15) is 0 Å². The van der Waals surface area contributed by atoms with Crippen LogP contribution in [0.25, 0.3) is 0 Å². The van der Waals surface area contributed by atoms with E-state index in [1.54, 1.807) is 0 Å². The quantitative estimate of drug-likeness (QED) is 0.723. The van der Waals surface area contributed by atoms with E-state index in [1.165, 1.54) is 32.1 Å². The van der Waals surface area contributed by atoms with Crippen LogP contribution in [0, 0.1) is 17.8 Å². The Balaban J connectivity index is 1.81. The number of hydrogen-bond donors (Lipinski definition) is 0. The third-order valence-electron chi connectivity index (χ3n) is 4.91. The van der Waals surface area contributed by atoms with Crippen LogP contribution in [-0.4, -0.2) is 19.0 Å². The zero-order valence-electron chi connectivity index (χ0n) is 11.7. The first-order valence-corrected chi connectivity index (χ1v) is 7.44. The normalized spacial score (nSPS) is 36.5. The minimum atomic E-state index is -0.275. The van der Waals surface area contributed by atoms with Crippen LogP contribution in [0.3, 0.4) is 0 Å². The molecule has 1 saturated carbocycles. The van der Waals surface area contributed by atoms with Crippen molar-refractivity contribution in [2.45, 2.75) is 65.1 Å². The van der Waals surface area contributed by atoms with E-state index in [-0.39, 0.29) is 5.79 Å². The van der Waals surface area contributed by atoms with Crippen LogP contribution in [0.1, 0.15) is 59.3 Å². The molecule has 2 aliphatic rings. The van der Waals surface area contributed by atoms with Gasteiger partial charge in [-0.1, -0.05) is 26.7 Å². The Kier molecular flexibility index (Phi) is 4.48. The van der Waals surface area contributed by atoms with Gasteiger partial charge >= 0.3 is 0 Å². The monoisotopic (exact) mass is 240 g/mol. The molecule has 2 heteroatoms. The fourth-order valence-electron chi connectivity index (χ4n) is 3.67. The molecule has 0 aromatic carbocycles. The van der Waals surface area contributed by atoms with E-state index in [2.05, 4.69) is 20.8 Å². The maximum atomic E-state index is 5.70. The second-order valence-corrected chi connectivity index (χ2v) is 6.04. The summed E-state index contributed by atoms with van der Waals surface area (Å²) in [6.07, 6.45) is 7.95. The SMILES string of the molecule is CCC1CC(CC)C(CCC2(C)OCCO2)C1. The standard InChI is InChI=1S/C15H28O2/c1-4-12-10-13(5-2)14(11-12)6-7-15(3)16-8-9-17-15/h12-14H,4-11H2,1-3H3. The molecule has 100 valence electrons. The lowest BCUT2D eigenvalue weighted by Crippen LogP contribution is -2.26. The molecule has 2 nitrogen and oxygen atoms in total. The summed E-state index contributed by atoms with van der Waals surface area (Å²) in [5, 5.41) is 0. The van der Waals surface area contributed by atoms with Crippen molar-refractivity contribution in [3.8, 4) is 0 Å². The lowest BCUT2D eigenvalue weighted by atomic mass is 9.88. The Bertz CT molecular complexity index is 233. The molecule has 0 aromatic heterocycles. The Hall–Kier alpha value is -0.0800. The van der Waals surface area contributed by atoms with E-state index < -0.39 is 0 Å². The van der Waals surface area contributed by atoms with E-state index in [0.29, 0.717) is 0 Å². The van der Waals surface area contributed by atoms with Gasteiger partial charge in [-0.15, -0.1) is 0 Å². The highest BCUT2D eigenvalue weighted by Crippen LogP contribution is 2.43. The fourth-order valence-corrected chi connectivity index (χ4v) is 3.67. The molecule has 0 spiro atoms. The molecule has 1 aliphatic carbocycles. The third-order valence-corrected chi connectivity index (χ3v) is 4.91. The minimum absolute atomic E-state index is 0.275. The van der Waals surface area contributed by atoms with Gasteiger partial charge in [-0.3, -0.25) is 0 Å². The highest BCUT2D eigenvalue weighted by molar-refractivity contribution is 4.83. The molecule has 1 aliphatic heterocycles. The maximum Gasteiger partial charge on any atom is 0.165 e. The minimum Gasteiger partial charge on any atom is -0.348 e. The molecule has 0 amide bonds. The van der Waals surface area contributed by atoms with E-state index in [0.717, 1.165) is 37.4 Å². The number of ether oxygens (including phenoxy) is 2. The molecule has 0 N–H and O–H groups in total. The first kappa shape index (κ1) is 13.4. The summed E-state index contributed by atoms with van der Waals surface area (Å²) in [5.74, 6) is 2.56. The van der Waals surface area contributed by atoms with Gasteiger partial charge in [0.25, 0.3) is 0 Å². The lowest BCUT2D eigenvalue weighted by Gasteiger charge is -2.25. The first-order chi connectivity index (χ1) is 8.17. The zero-order chi connectivity index (χ0) is 12.3. The molecule has 0 aromatic rings. The second kappa shape index (κ2) is 5.71. The summed E-state index contributed by atoms with van der Waals surface area (Å²) in [4.78, 5) is 0. The molecule has 1 heterocycles. The Morgan fingerprint density at radius 3 is 2.24 bits per heavy atom. The van der Waals surface area contributed by atoms with Gasteiger partial charge in [0.1, 0.15) is 0 Å². The van der Waals surface area contributed by atoms with Crippen LogP contribution in [0.15, 0.2) is 0 Å². The van der Waals surface area contributed by atoms with Crippen molar-refractivity contribution >= 4 is 0 Å². The van der Waals surface area contributed by atoms with Crippen LogP contribution >= 0.6 is 0 Å². The molecule has 2 rings (SSSR count). The summed E-state index contributed by atoms with van der Waals surface area (Å²) in [6, 6.07) is 0. The molecular formula is C15H28O2. The Morgan fingerprint density at radius 2 is 1.65 bits per heavy atom. The van der Waals surface area contributed by atoms with Gasteiger partial charge < -0.3 is 9.47 Å². The van der Waals surface area contributed by atoms with Gasteiger partial charge in [-0.05, 0) is 43.9 Å². The molecule has 2 fully saturated rings. The van der Waals surface area contributed by atoms with Crippen molar-refractivity contribution in [1.29, 1.82) is 0 Å². The van der Waals surface area contributed by atoms with E-state index >= 15 is 0 Å². The largest absolute Gasteiger partial charge is 0.348 e. The van der Waals surface area contributed by atoms with Gasteiger partial charge in [0.05, 0.1) is 13.2 Å². The van der Waals surface area contributed by atoms with Crippen LogP contribution in [0.5, 0.6) is 0 Å². The van der Waals surface area contributed by atoms with Gasteiger partial charge in [-0.25, -0.2) is 0 Å². The van der Waals surface area contributed by atoms with Crippen molar-refractivity contribution in [3.63, 3.8) is 0 Å². The zero-order valence-corrected chi connectivity index (χ0v) is 11.7. The van der Waals surface area contributed by atoms with Crippen molar-refractivity contribution in [1.82, 2.24) is 0 Å². The average Bonchev–Trinajstić information content (AvgIpc) is 2.93. The molecular weight excluding hydrogens is 212 g/mol. The van der Waals surface area contributed by atoms with Crippen molar-refractivity contribution < 1.29 is 9.47 Å². The number of hydrogen-bond acceptors (Lipinski definition) is 2. The topological polar surface area (TPSA) is 18.5 Å². The highest BCUT2D eigenvalue weighted by Gasteiger charge is 2.36. The fraction of sp³-hybridized carbons (Fsp3) is 1.00. The van der Waals surface area contributed by atoms with Crippen LogP contribution < -0.4 is 0 Å². The molecule has 0 radical (unpaired) electrons. The Morgan fingerprint density at radius 1 is 1.00 bits per heavy atom. The molecule has 0 bridgehead atoms. The van der Waals surface area contributed by atoms with Crippen LogP contribution in [0.2, 0.25) is 0 Å². The van der Waals surface area contributed by atoms with E-state index in [4.69, 9.17) is 9.47 Å². The summed E-state index contributed by atoms with van der Waals surface area (Å²) in [5.41, 5.74) is 0. The predicted octanol–water partition coefficient (Wildman–Crippen LogP) is 3.99. The molecule has 1 saturated heterocycles. The third kappa shape index (κ3) is 3.23. The van der Waals surface area contributed by atoms with Gasteiger partial charge in [0.15, 0.2) is 5.79 Å². The first-order valence-electron chi connectivity index (χ1n) is 7.44. The van der Waals surface area contributed by atoms with Gasteiger partial charge in [0.2, 0.25) is 0 Å². The molecule has 3 atom stereocenters. The maximum absolute atomic E-state index is 5.70. The van der Waals surface area contributed by atoms with Crippen LogP contribution in [0.4, 0.5) is 0 Å². The van der Waals surface area contributed by atoms with Crippen LogP contribution in [-0.2, 0) is 9.47 Å². The summed E-state index contributed by atoms with van der Waals surface area (Å²) < 4.78 is 11.4.